The highest BCUT2D eigenvalue weighted by Crippen LogP contribution is 2.48. The number of aliphatic hydroxyl groups is 1. The highest BCUT2D eigenvalue weighted by Gasteiger charge is 2.44. The van der Waals surface area contributed by atoms with Gasteiger partial charge in [0.15, 0.2) is 0 Å². The molecule has 0 radical (unpaired) electrons. The molecule has 2 nitrogen and oxygen atoms in total. The van der Waals surface area contributed by atoms with Crippen molar-refractivity contribution in [1.29, 1.82) is 0 Å². The molecule has 0 saturated heterocycles. The quantitative estimate of drug-likeness (QED) is 0.864. The lowest BCUT2D eigenvalue weighted by molar-refractivity contribution is 0.00684. The van der Waals surface area contributed by atoms with Crippen LogP contribution in [0.3, 0.4) is 0 Å². The fraction of sp³-hybridized carbons (Fsp3) is 0.500. The molecule has 0 amide bonds. The molecule has 2 unspecified atom stereocenters. The minimum atomic E-state index is -0.687. The monoisotopic (exact) mass is 244 g/mol. The van der Waals surface area contributed by atoms with Gasteiger partial charge in [0.1, 0.15) is 0 Å². The summed E-state index contributed by atoms with van der Waals surface area (Å²) in [6.45, 7) is 0.819. The molecule has 0 aromatic heterocycles. The molecule has 1 aromatic rings. The number of hydrogen-bond donors (Lipinski definition) is 1. The predicted molar refractivity (Wildman–Crippen MR) is 70.9 cm³/mol. The van der Waals surface area contributed by atoms with E-state index in [4.69, 9.17) is 4.74 Å². The Kier molecular flexibility index (Phi) is 3.13. The first kappa shape index (κ1) is 11.8. The Labute approximate surface area is 108 Å². The van der Waals surface area contributed by atoms with Gasteiger partial charge >= 0.3 is 0 Å². The average molecular weight is 244 g/mol. The highest BCUT2D eigenvalue weighted by atomic mass is 16.5. The Morgan fingerprint density at radius 2 is 2.00 bits per heavy atom. The lowest BCUT2D eigenvalue weighted by Gasteiger charge is -2.33. The van der Waals surface area contributed by atoms with E-state index in [9.17, 15) is 5.11 Å². The van der Waals surface area contributed by atoms with Crippen molar-refractivity contribution in [2.75, 3.05) is 6.61 Å². The first-order valence-electron chi connectivity index (χ1n) is 6.89. The summed E-state index contributed by atoms with van der Waals surface area (Å²) in [7, 11) is 0. The number of benzene rings is 1. The van der Waals surface area contributed by atoms with Crippen molar-refractivity contribution in [2.24, 2.45) is 5.92 Å². The van der Waals surface area contributed by atoms with Gasteiger partial charge in [-0.1, -0.05) is 30.3 Å². The first-order chi connectivity index (χ1) is 8.81. The fourth-order valence-electron chi connectivity index (χ4n) is 3.39. The van der Waals surface area contributed by atoms with Crippen molar-refractivity contribution >= 4 is 0 Å². The van der Waals surface area contributed by atoms with Crippen molar-refractivity contribution in [3.05, 3.63) is 47.7 Å². The molecule has 1 aliphatic carbocycles. The van der Waals surface area contributed by atoms with Gasteiger partial charge in [-0.2, -0.15) is 0 Å². The third-order valence-corrected chi connectivity index (χ3v) is 4.31. The van der Waals surface area contributed by atoms with Crippen LogP contribution in [0.5, 0.6) is 0 Å². The molecule has 1 aromatic carbocycles. The fourth-order valence-corrected chi connectivity index (χ4v) is 3.39. The molecule has 1 aliphatic heterocycles. The number of rotatable bonds is 2. The zero-order valence-electron chi connectivity index (χ0n) is 10.6. The van der Waals surface area contributed by atoms with E-state index in [1.54, 1.807) is 0 Å². The van der Waals surface area contributed by atoms with E-state index in [1.807, 2.05) is 36.6 Å². The minimum Gasteiger partial charge on any atom is -0.501 e. The van der Waals surface area contributed by atoms with Crippen molar-refractivity contribution in [3.8, 4) is 0 Å². The molecular formula is C16H20O2. The Hall–Kier alpha value is -1.28. The maximum absolute atomic E-state index is 11.1. The molecule has 3 rings (SSSR count). The number of hydrogen-bond acceptors (Lipinski definition) is 2. The van der Waals surface area contributed by atoms with Crippen LogP contribution in [0.1, 0.15) is 37.7 Å². The topological polar surface area (TPSA) is 29.5 Å². The lowest BCUT2D eigenvalue weighted by Crippen LogP contribution is -2.32. The van der Waals surface area contributed by atoms with Crippen LogP contribution >= 0.6 is 0 Å². The summed E-state index contributed by atoms with van der Waals surface area (Å²) in [6.07, 6.45) is 7.06. The van der Waals surface area contributed by atoms with Crippen molar-refractivity contribution in [1.82, 2.24) is 0 Å². The maximum Gasteiger partial charge on any atom is 0.0962 e. The van der Waals surface area contributed by atoms with E-state index in [0.29, 0.717) is 0 Å². The Morgan fingerprint density at radius 1 is 1.17 bits per heavy atom. The van der Waals surface area contributed by atoms with Crippen LogP contribution in [-0.4, -0.2) is 11.7 Å². The summed E-state index contributed by atoms with van der Waals surface area (Å²) in [6, 6.07) is 10.1. The van der Waals surface area contributed by atoms with Crippen molar-refractivity contribution < 1.29 is 9.84 Å². The van der Waals surface area contributed by atoms with Gasteiger partial charge in [0.2, 0.25) is 0 Å². The zero-order valence-corrected chi connectivity index (χ0v) is 10.6. The van der Waals surface area contributed by atoms with Crippen molar-refractivity contribution in [3.63, 3.8) is 0 Å². The normalized spacial score (nSPS) is 31.8. The minimum absolute atomic E-state index is 0.236. The van der Waals surface area contributed by atoms with Gasteiger partial charge in [0, 0.05) is 5.92 Å². The van der Waals surface area contributed by atoms with E-state index in [0.717, 1.165) is 44.3 Å². The molecule has 2 aliphatic rings. The van der Waals surface area contributed by atoms with Gasteiger partial charge in [-0.25, -0.2) is 0 Å². The Balaban J connectivity index is 1.92. The first-order valence-corrected chi connectivity index (χ1v) is 6.89. The summed E-state index contributed by atoms with van der Waals surface area (Å²) in [4.78, 5) is 0. The van der Waals surface area contributed by atoms with Crippen LogP contribution in [0, 0.1) is 5.92 Å². The molecule has 2 atom stereocenters. The van der Waals surface area contributed by atoms with Crippen LogP contribution < -0.4 is 0 Å². The van der Waals surface area contributed by atoms with Crippen LogP contribution in [0.2, 0.25) is 0 Å². The van der Waals surface area contributed by atoms with Crippen LogP contribution in [0.25, 0.3) is 0 Å². The molecule has 0 spiro atoms. The molecular weight excluding hydrogens is 224 g/mol. The lowest BCUT2D eigenvalue weighted by atomic mass is 9.78. The second-order valence-corrected chi connectivity index (χ2v) is 5.40. The molecule has 2 heteroatoms. The third-order valence-electron chi connectivity index (χ3n) is 4.31. The second-order valence-electron chi connectivity index (χ2n) is 5.40. The van der Waals surface area contributed by atoms with Gasteiger partial charge in [-0.15, -0.1) is 0 Å². The molecule has 1 N–H and O–H groups in total. The summed E-state index contributed by atoms with van der Waals surface area (Å²) in [5.74, 6) is 0.236. The molecule has 1 heterocycles. The van der Waals surface area contributed by atoms with Crippen LogP contribution in [0.15, 0.2) is 42.2 Å². The van der Waals surface area contributed by atoms with Crippen LogP contribution in [0.4, 0.5) is 0 Å². The van der Waals surface area contributed by atoms with E-state index in [2.05, 4.69) is 0 Å². The molecule has 0 bridgehead atoms. The predicted octanol–water partition coefficient (Wildman–Crippen LogP) is 3.37. The highest BCUT2D eigenvalue weighted by molar-refractivity contribution is 5.29. The van der Waals surface area contributed by atoms with E-state index >= 15 is 0 Å². The molecule has 1 saturated carbocycles. The summed E-state index contributed by atoms with van der Waals surface area (Å²) >= 11 is 0. The summed E-state index contributed by atoms with van der Waals surface area (Å²) < 4.78 is 5.45. The van der Waals surface area contributed by atoms with Gasteiger partial charge in [0.05, 0.1) is 18.5 Å². The molecule has 1 fully saturated rings. The summed E-state index contributed by atoms with van der Waals surface area (Å²) in [5.41, 5.74) is 1.66. The zero-order chi connectivity index (χ0) is 12.4. The van der Waals surface area contributed by atoms with Crippen molar-refractivity contribution in [2.45, 2.75) is 37.7 Å². The molecule has 18 heavy (non-hydrogen) atoms. The van der Waals surface area contributed by atoms with Gasteiger partial charge < -0.3 is 9.84 Å². The standard InChI is InChI=1S/C16H20O2/c17-16(14-7-2-1-3-8-14)10-4-9-15(16)13-6-5-11-18-12-13/h1-3,7-8,12,15,17H,4-6,9-11H2. The Morgan fingerprint density at radius 3 is 2.72 bits per heavy atom. The van der Waals surface area contributed by atoms with Crippen LogP contribution in [-0.2, 0) is 10.3 Å². The van der Waals surface area contributed by atoms with E-state index < -0.39 is 5.60 Å². The number of ether oxygens (including phenoxy) is 1. The smallest absolute Gasteiger partial charge is 0.0962 e. The maximum atomic E-state index is 11.1. The third kappa shape index (κ3) is 1.95. The Bertz CT molecular complexity index is 438. The molecule has 96 valence electrons. The van der Waals surface area contributed by atoms with E-state index in [-0.39, 0.29) is 5.92 Å². The van der Waals surface area contributed by atoms with E-state index in [1.165, 1.54) is 5.57 Å². The SMILES string of the molecule is OC1(c2ccccc2)CCCC1C1=COCCC1. The van der Waals surface area contributed by atoms with Gasteiger partial charge in [0.25, 0.3) is 0 Å². The largest absolute Gasteiger partial charge is 0.501 e. The van der Waals surface area contributed by atoms with Gasteiger partial charge in [-0.05, 0) is 43.2 Å². The van der Waals surface area contributed by atoms with Gasteiger partial charge in [-0.3, -0.25) is 0 Å². The second kappa shape index (κ2) is 4.77. The summed E-state index contributed by atoms with van der Waals surface area (Å²) in [5, 5.41) is 11.1. The average Bonchev–Trinajstić information content (AvgIpc) is 2.84.